The van der Waals surface area contributed by atoms with E-state index >= 15 is 0 Å². The van der Waals surface area contributed by atoms with E-state index in [1.54, 1.807) is 7.05 Å². The maximum Gasteiger partial charge on any atom is 0.145 e. The second-order valence-electron chi connectivity index (χ2n) is 1.68. The Bertz CT molecular complexity index is 151. The SMILES string of the molecule is CCNC(=CO)C(N)=NC. The highest BCUT2D eigenvalue weighted by Crippen LogP contribution is 1.85. The zero-order valence-electron chi connectivity index (χ0n) is 6.26. The highest BCUT2D eigenvalue weighted by atomic mass is 16.2. The summed E-state index contributed by atoms with van der Waals surface area (Å²) in [5, 5.41) is 11.4. The number of aliphatic hydroxyl groups is 1. The summed E-state index contributed by atoms with van der Waals surface area (Å²) in [6.07, 6.45) is 0.909. The summed E-state index contributed by atoms with van der Waals surface area (Å²) < 4.78 is 0. The van der Waals surface area contributed by atoms with Gasteiger partial charge in [0.25, 0.3) is 0 Å². The lowest BCUT2D eigenvalue weighted by molar-refractivity contribution is 0.465. The summed E-state index contributed by atoms with van der Waals surface area (Å²) in [7, 11) is 1.57. The minimum absolute atomic E-state index is 0.310. The molecule has 4 N–H and O–H groups in total. The van der Waals surface area contributed by atoms with Crippen LogP contribution in [-0.4, -0.2) is 24.5 Å². The molecular weight excluding hydrogens is 130 g/mol. The fraction of sp³-hybridized carbons (Fsp3) is 0.500. The number of aliphatic hydroxyl groups excluding tert-OH is 1. The van der Waals surface area contributed by atoms with Gasteiger partial charge in [-0.15, -0.1) is 0 Å². The Balaban J connectivity index is 4.09. The number of amidine groups is 1. The molecule has 58 valence electrons. The van der Waals surface area contributed by atoms with Crippen molar-refractivity contribution in [3.63, 3.8) is 0 Å². The highest BCUT2D eigenvalue weighted by molar-refractivity contribution is 5.95. The Morgan fingerprint density at radius 3 is 2.70 bits per heavy atom. The van der Waals surface area contributed by atoms with E-state index in [-0.39, 0.29) is 0 Å². The molecule has 0 saturated heterocycles. The van der Waals surface area contributed by atoms with Crippen molar-refractivity contribution in [1.82, 2.24) is 5.32 Å². The Morgan fingerprint density at radius 1 is 1.80 bits per heavy atom. The van der Waals surface area contributed by atoms with Gasteiger partial charge in [-0.2, -0.15) is 0 Å². The fourth-order valence-electron chi connectivity index (χ4n) is 0.513. The van der Waals surface area contributed by atoms with Gasteiger partial charge in [0.15, 0.2) is 0 Å². The number of likely N-dealkylation sites (N-methyl/N-ethyl adjacent to an activating group) is 1. The van der Waals surface area contributed by atoms with E-state index < -0.39 is 0 Å². The molecule has 0 bridgehead atoms. The lowest BCUT2D eigenvalue weighted by Gasteiger charge is -2.04. The molecular formula is C6H13N3O. The molecule has 4 nitrogen and oxygen atoms in total. The third-order valence-electron chi connectivity index (χ3n) is 1.01. The van der Waals surface area contributed by atoms with Crippen LogP contribution in [0.5, 0.6) is 0 Å². The van der Waals surface area contributed by atoms with E-state index in [1.807, 2.05) is 6.92 Å². The van der Waals surface area contributed by atoms with Crippen molar-refractivity contribution >= 4 is 5.84 Å². The Morgan fingerprint density at radius 2 is 2.40 bits per heavy atom. The number of hydrogen-bond acceptors (Lipinski definition) is 3. The number of aliphatic imine (C=N–C) groups is 1. The molecule has 0 fully saturated rings. The van der Waals surface area contributed by atoms with Crippen LogP contribution in [0.4, 0.5) is 0 Å². The molecule has 0 heterocycles. The van der Waals surface area contributed by atoms with Crippen LogP contribution < -0.4 is 11.1 Å². The number of rotatable bonds is 3. The molecule has 0 amide bonds. The van der Waals surface area contributed by atoms with Gasteiger partial charge in [0.1, 0.15) is 17.8 Å². The van der Waals surface area contributed by atoms with Crippen LogP contribution in [-0.2, 0) is 0 Å². The molecule has 0 atom stereocenters. The van der Waals surface area contributed by atoms with Gasteiger partial charge in [-0.3, -0.25) is 4.99 Å². The molecule has 0 saturated carbocycles. The van der Waals surface area contributed by atoms with Crippen molar-refractivity contribution in [3.8, 4) is 0 Å². The molecule has 0 aromatic rings. The third-order valence-corrected chi connectivity index (χ3v) is 1.01. The van der Waals surface area contributed by atoms with Crippen molar-refractivity contribution in [2.45, 2.75) is 6.92 Å². The summed E-state index contributed by atoms with van der Waals surface area (Å²) in [4.78, 5) is 3.68. The van der Waals surface area contributed by atoms with E-state index in [2.05, 4.69) is 10.3 Å². The first-order valence-corrected chi connectivity index (χ1v) is 3.07. The predicted octanol–water partition coefficient (Wildman–Crippen LogP) is -0.0177. The van der Waals surface area contributed by atoms with Crippen LogP contribution in [0.25, 0.3) is 0 Å². The standard InChI is InChI=1S/C6H13N3O/c1-3-9-5(4-10)6(7)8-2/h4,9-10H,3H2,1-2H3,(H2,7,8). The van der Waals surface area contributed by atoms with Crippen LogP contribution in [0.15, 0.2) is 17.0 Å². The van der Waals surface area contributed by atoms with Gasteiger partial charge >= 0.3 is 0 Å². The van der Waals surface area contributed by atoms with Gasteiger partial charge < -0.3 is 16.2 Å². The van der Waals surface area contributed by atoms with Crippen LogP contribution in [0.3, 0.4) is 0 Å². The molecule has 0 spiro atoms. The van der Waals surface area contributed by atoms with Gasteiger partial charge in [-0.25, -0.2) is 0 Å². The van der Waals surface area contributed by atoms with Crippen molar-refractivity contribution in [2.24, 2.45) is 10.7 Å². The average molecular weight is 143 g/mol. The first kappa shape index (κ1) is 8.81. The molecule has 0 aliphatic carbocycles. The zero-order valence-corrected chi connectivity index (χ0v) is 6.26. The molecule has 0 aromatic carbocycles. The van der Waals surface area contributed by atoms with E-state index in [4.69, 9.17) is 10.8 Å². The Labute approximate surface area is 60.5 Å². The lowest BCUT2D eigenvalue weighted by atomic mass is 10.4. The summed E-state index contributed by atoms with van der Waals surface area (Å²) >= 11 is 0. The zero-order chi connectivity index (χ0) is 7.98. The quantitative estimate of drug-likeness (QED) is 0.295. The number of nitrogens with two attached hydrogens (primary N) is 1. The molecule has 0 rings (SSSR count). The first-order chi connectivity index (χ1) is 4.76. The largest absolute Gasteiger partial charge is 0.513 e. The van der Waals surface area contributed by atoms with Crippen LogP contribution in [0.2, 0.25) is 0 Å². The van der Waals surface area contributed by atoms with Crippen molar-refractivity contribution in [2.75, 3.05) is 13.6 Å². The maximum absolute atomic E-state index is 8.57. The molecule has 0 aliphatic rings. The normalized spacial score (nSPS) is 13.4. The molecule has 0 aromatic heterocycles. The van der Waals surface area contributed by atoms with Crippen LogP contribution in [0.1, 0.15) is 6.92 Å². The smallest absolute Gasteiger partial charge is 0.145 e. The molecule has 4 heteroatoms. The number of nitrogens with one attached hydrogen (secondary N) is 1. The molecule has 0 unspecified atom stereocenters. The van der Waals surface area contributed by atoms with Crippen LogP contribution in [0, 0.1) is 0 Å². The second-order valence-corrected chi connectivity index (χ2v) is 1.68. The number of hydrogen-bond donors (Lipinski definition) is 3. The molecule has 0 radical (unpaired) electrons. The van der Waals surface area contributed by atoms with E-state index in [1.165, 1.54) is 0 Å². The Hall–Kier alpha value is -1.19. The molecule has 10 heavy (non-hydrogen) atoms. The van der Waals surface area contributed by atoms with Gasteiger partial charge in [-0.1, -0.05) is 0 Å². The monoisotopic (exact) mass is 143 g/mol. The lowest BCUT2D eigenvalue weighted by Crippen LogP contribution is -2.26. The minimum Gasteiger partial charge on any atom is -0.513 e. The van der Waals surface area contributed by atoms with Gasteiger partial charge in [0, 0.05) is 13.6 Å². The van der Waals surface area contributed by atoms with Gasteiger partial charge in [0.2, 0.25) is 0 Å². The van der Waals surface area contributed by atoms with Crippen molar-refractivity contribution in [1.29, 1.82) is 0 Å². The van der Waals surface area contributed by atoms with Gasteiger partial charge in [0.05, 0.1) is 0 Å². The second kappa shape index (κ2) is 4.67. The summed E-state index contributed by atoms with van der Waals surface area (Å²) in [5.74, 6) is 0.310. The van der Waals surface area contributed by atoms with E-state index in [0.29, 0.717) is 18.1 Å². The van der Waals surface area contributed by atoms with Gasteiger partial charge in [-0.05, 0) is 6.92 Å². The predicted molar refractivity (Wildman–Crippen MR) is 41.9 cm³/mol. The third kappa shape index (κ3) is 2.39. The van der Waals surface area contributed by atoms with Crippen LogP contribution >= 0.6 is 0 Å². The molecule has 0 aliphatic heterocycles. The average Bonchev–Trinajstić information content (AvgIpc) is 1.99. The summed E-state index contributed by atoms with van der Waals surface area (Å²) in [6, 6.07) is 0. The van der Waals surface area contributed by atoms with E-state index in [9.17, 15) is 0 Å². The van der Waals surface area contributed by atoms with Crippen molar-refractivity contribution < 1.29 is 5.11 Å². The highest BCUT2D eigenvalue weighted by Gasteiger charge is 1.97. The topological polar surface area (TPSA) is 70.6 Å². The summed E-state index contributed by atoms with van der Waals surface area (Å²) in [6.45, 7) is 2.62. The minimum atomic E-state index is 0.310. The van der Waals surface area contributed by atoms with E-state index in [0.717, 1.165) is 6.26 Å². The Kier molecular flexibility index (Phi) is 4.11. The van der Waals surface area contributed by atoms with Crippen molar-refractivity contribution in [3.05, 3.63) is 12.0 Å². The fourth-order valence-corrected chi connectivity index (χ4v) is 0.513. The first-order valence-electron chi connectivity index (χ1n) is 3.07. The number of nitrogens with zero attached hydrogens (tertiary/aromatic N) is 1. The maximum atomic E-state index is 8.57. The summed E-state index contributed by atoms with van der Waals surface area (Å²) in [5.41, 5.74) is 5.84.